The van der Waals surface area contributed by atoms with Crippen LogP contribution in [0.25, 0.3) is 0 Å². The first kappa shape index (κ1) is 16.1. The summed E-state index contributed by atoms with van der Waals surface area (Å²) in [6.45, 7) is 2.95. The number of nitrogens with one attached hydrogen (secondary N) is 1. The Kier molecular flexibility index (Phi) is 5.51. The first-order valence-corrected chi connectivity index (χ1v) is 7.52. The molecule has 0 radical (unpaired) electrons. The van der Waals surface area contributed by atoms with Crippen LogP contribution in [-0.4, -0.2) is 12.4 Å². The highest BCUT2D eigenvalue weighted by Gasteiger charge is 2.30. The van der Waals surface area contributed by atoms with Crippen molar-refractivity contribution in [2.75, 3.05) is 0 Å². The molecule has 0 spiro atoms. The van der Waals surface area contributed by atoms with Gasteiger partial charge >= 0.3 is 6.36 Å². The Hall–Kier alpha value is -1.23. The SMILES string of the molecule is CC1CCCCCC1NCc1ccc(OC(F)(F)F)cc1. The van der Waals surface area contributed by atoms with Crippen LogP contribution in [0.1, 0.15) is 44.6 Å². The maximum absolute atomic E-state index is 12.1. The number of hydrogen-bond acceptors (Lipinski definition) is 2. The molecule has 5 heteroatoms. The van der Waals surface area contributed by atoms with Gasteiger partial charge in [-0.3, -0.25) is 0 Å². The topological polar surface area (TPSA) is 21.3 Å². The average molecular weight is 301 g/mol. The minimum absolute atomic E-state index is 0.172. The van der Waals surface area contributed by atoms with Gasteiger partial charge in [0.1, 0.15) is 5.75 Å². The Labute approximate surface area is 123 Å². The van der Waals surface area contributed by atoms with Gasteiger partial charge in [0, 0.05) is 12.6 Å². The van der Waals surface area contributed by atoms with Crippen molar-refractivity contribution in [3.63, 3.8) is 0 Å². The number of rotatable bonds is 4. The van der Waals surface area contributed by atoms with Crippen molar-refractivity contribution in [3.8, 4) is 5.75 Å². The van der Waals surface area contributed by atoms with Crippen molar-refractivity contribution >= 4 is 0 Å². The molecule has 21 heavy (non-hydrogen) atoms. The summed E-state index contributed by atoms with van der Waals surface area (Å²) in [4.78, 5) is 0. The highest BCUT2D eigenvalue weighted by atomic mass is 19.4. The van der Waals surface area contributed by atoms with Gasteiger partial charge in [-0.2, -0.15) is 0 Å². The summed E-state index contributed by atoms with van der Waals surface area (Å²) in [5.74, 6) is 0.481. The van der Waals surface area contributed by atoms with Gasteiger partial charge in [-0.15, -0.1) is 13.2 Å². The van der Waals surface area contributed by atoms with Crippen molar-refractivity contribution in [1.82, 2.24) is 5.32 Å². The molecule has 1 aliphatic rings. The zero-order chi connectivity index (χ0) is 15.3. The molecule has 1 aromatic rings. The lowest BCUT2D eigenvalue weighted by Gasteiger charge is -2.23. The Morgan fingerprint density at radius 3 is 2.43 bits per heavy atom. The van der Waals surface area contributed by atoms with Crippen LogP contribution >= 0.6 is 0 Å². The highest BCUT2D eigenvalue weighted by Crippen LogP contribution is 2.24. The third-order valence-corrected chi connectivity index (χ3v) is 4.09. The predicted molar refractivity (Wildman–Crippen MR) is 76.0 cm³/mol. The van der Waals surface area contributed by atoms with Crippen molar-refractivity contribution in [1.29, 1.82) is 0 Å². The van der Waals surface area contributed by atoms with E-state index in [1.54, 1.807) is 12.1 Å². The van der Waals surface area contributed by atoms with Crippen LogP contribution in [0.5, 0.6) is 5.75 Å². The average Bonchev–Trinajstić information content (AvgIpc) is 2.61. The van der Waals surface area contributed by atoms with Gasteiger partial charge in [0.05, 0.1) is 0 Å². The van der Waals surface area contributed by atoms with Crippen LogP contribution in [0, 0.1) is 5.92 Å². The van der Waals surface area contributed by atoms with Gasteiger partial charge in [-0.25, -0.2) is 0 Å². The Morgan fingerprint density at radius 2 is 1.76 bits per heavy atom. The maximum atomic E-state index is 12.1. The lowest BCUT2D eigenvalue weighted by atomic mass is 9.97. The summed E-state index contributed by atoms with van der Waals surface area (Å²) in [7, 11) is 0. The lowest BCUT2D eigenvalue weighted by Crippen LogP contribution is -2.33. The van der Waals surface area contributed by atoms with Crippen molar-refractivity contribution in [2.24, 2.45) is 5.92 Å². The molecule has 0 bridgehead atoms. The fraction of sp³-hybridized carbons (Fsp3) is 0.625. The summed E-state index contributed by atoms with van der Waals surface area (Å²) in [5, 5.41) is 3.53. The van der Waals surface area contributed by atoms with Crippen LogP contribution in [0.15, 0.2) is 24.3 Å². The first-order chi connectivity index (χ1) is 9.94. The fourth-order valence-electron chi connectivity index (χ4n) is 2.85. The van der Waals surface area contributed by atoms with Gasteiger partial charge in [-0.05, 0) is 36.5 Å². The van der Waals surface area contributed by atoms with Crippen molar-refractivity contribution in [3.05, 3.63) is 29.8 Å². The van der Waals surface area contributed by atoms with E-state index in [4.69, 9.17) is 0 Å². The van der Waals surface area contributed by atoms with E-state index in [0.717, 1.165) is 5.56 Å². The van der Waals surface area contributed by atoms with E-state index in [1.807, 2.05) is 0 Å². The van der Waals surface area contributed by atoms with Crippen molar-refractivity contribution < 1.29 is 17.9 Å². The third-order valence-electron chi connectivity index (χ3n) is 4.09. The minimum atomic E-state index is -4.63. The highest BCUT2D eigenvalue weighted by molar-refractivity contribution is 5.27. The van der Waals surface area contributed by atoms with E-state index >= 15 is 0 Å². The minimum Gasteiger partial charge on any atom is -0.406 e. The zero-order valence-electron chi connectivity index (χ0n) is 12.2. The van der Waals surface area contributed by atoms with Crippen LogP contribution < -0.4 is 10.1 Å². The van der Waals surface area contributed by atoms with Gasteiger partial charge < -0.3 is 10.1 Å². The molecule has 1 aliphatic carbocycles. The molecule has 1 fully saturated rings. The molecule has 2 nitrogen and oxygen atoms in total. The largest absolute Gasteiger partial charge is 0.573 e. The summed E-state index contributed by atoms with van der Waals surface area (Å²) in [6.07, 6.45) is 1.64. The second-order valence-electron chi connectivity index (χ2n) is 5.79. The molecule has 2 unspecified atom stereocenters. The van der Waals surface area contributed by atoms with Gasteiger partial charge in [0.2, 0.25) is 0 Å². The lowest BCUT2D eigenvalue weighted by molar-refractivity contribution is -0.274. The summed E-state index contributed by atoms with van der Waals surface area (Å²) in [5.41, 5.74) is 0.973. The van der Waals surface area contributed by atoms with Crippen LogP contribution in [0.3, 0.4) is 0 Å². The normalized spacial score (nSPS) is 23.6. The molecule has 2 atom stereocenters. The second-order valence-corrected chi connectivity index (χ2v) is 5.79. The monoisotopic (exact) mass is 301 g/mol. The Balaban J connectivity index is 1.85. The summed E-state index contributed by atoms with van der Waals surface area (Å²) < 4.78 is 40.1. The van der Waals surface area contributed by atoms with Crippen LogP contribution in [0.2, 0.25) is 0 Å². The van der Waals surface area contributed by atoms with E-state index in [-0.39, 0.29) is 5.75 Å². The first-order valence-electron chi connectivity index (χ1n) is 7.52. The van der Waals surface area contributed by atoms with E-state index < -0.39 is 6.36 Å². The van der Waals surface area contributed by atoms with E-state index in [1.165, 1.54) is 44.2 Å². The van der Waals surface area contributed by atoms with E-state index in [0.29, 0.717) is 18.5 Å². The maximum Gasteiger partial charge on any atom is 0.573 e. The number of halogens is 3. The Morgan fingerprint density at radius 1 is 1.10 bits per heavy atom. The molecule has 1 aromatic carbocycles. The molecule has 1 N–H and O–H groups in total. The fourth-order valence-corrected chi connectivity index (χ4v) is 2.85. The smallest absolute Gasteiger partial charge is 0.406 e. The number of benzene rings is 1. The molecule has 2 rings (SSSR count). The molecule has 0 heterocycles. The van der Waals surface area contributed by atoms with Gasteiger partial charge in [-0.1, -0.05) is 38.3 Å². The second kappa shape index (κ2) is 7.16. The summed E-state index contributed by atoms with van der Waals surface area (Å²) in [6, 6.07) is 6.58. The number of hydrogen-bond donors (Lipinski definition) is 1. The number of alkyl halides is 3. The van der Waals surface area contributed by atoms with E-state index in [9.17, 15) is 13.2 Å². The molecule has 0 aromatic heterocycles. The molecule has 0 saturated heterocycles. The predicted octanol–water partition coefficient (Wildman–Crippen LogP) is 4.64. The quantitative estimate of drug-likeness (QED) is 0.818. The Bertz CT molecular complexity index is 430. The molecular weight excluding hydrogens is 279 g/mol. The van der Waals surface area contributed by atoms with Gasteiger partial charge in [0.25, 0.3) is 0 Å². The standard InChI is InChI=1S/C16H22F3NO/c1-12-5-3-2-4-6-15(12)20-11-13-7-9-14(10-8-13)21-16(17,18)19/h7-10,12,15,20H,2-6,11H2,1H3. The molecular formula is C16H22F3NO. The van der Waals surface area contributed by atoms with Crippen LogP contribution in [0.4, 0.5) is 13.2 Å². The molecule has 1 saturated carbocycles. The number of ether oxygens (including phenoxy) is 1. The molecule has 0 amide bonds. The van der Waals surface area contributed by atoms with Gasteiger partial charge in [0.15, 0.2) is 0 Å². The third kappa shape index (κ3) is 5.58. The summed E-state index contributed by atoms with van der Waals surface area (Å²) >= 11 is 0. The molecule has 118 valence electrons. The van der Waals surface area contributed by atoms with Crippen LogP contribution in [-0.2, 0) is 6.54 Å². The van der Waals surface area contributed by atoms with Crippen molar-refractivity contribution in [2.45, 2.75) is 58.0 Å². The molecule has 0 aliphatic heterocycles. The zero-order valence-corrected chi connectivity index (χ0v) is 12.2. The van der Waals surface area contributed by atoms with E-state index in [2.05, 4.69) is 17.0 Å².